The maximum Gasteiger partial charge on any atom is 0.191 e. The lowest BCUT2D eigenvalue weighted by molar-refractivity contribution is 0.242. The van der Waals surface area contributed by atoms with E-state index in [4.69, 9.17) is 4.74 Å². The molecule has 25 heavy (non-hydrogen) atoms. The first-order valence-electron chi connectivity index (χ1n) is 8.82. The van der Waals surface area contributed by atoms with Gasteiger partial charge in [0, 0.05) is 17.6 Å². The van der Waals surface area contributed by atoms with Crippen molar-refractivity contribution in [2.24, 2.45) is 4.99 Å². The molecule has 6 heteroatoms. The Morgan fingerprint density at radius 2 is 1.96 bits per heavy atom. The molecule has 0 unspecified atom stereocenters. The topological polar surface area (TPSA) is 58.5 Å². The van der Waals surface area contributed by atoms with Crippen molar-refractivity contribution in [3.63, 3.8) is 0 Å². The molecule has 2 rings (SSSR count). The van der Waals surface area contributed by atoms with Gasteiger partial charge in [0.15, 0.2) is 5.96 Å². The number of nitrogens with zero attached hydrogens (tertiary/aromatic N) is 2. The summed E-state index contributed by atoms with van der Waals surface area (Å²) >= 11 is 1.74. The van der Waals surface area contributed by atoms with Crippen molar-refractivity contribution >= 4 is 17.3 Å². The maximum atomic E-state index is 5.67. The number of aromatic nitrogens is 1. The number of nitrogens with one attached hydrogen (secondary N) is 2. The fourth-order valence-electron chi connectivity index (χ4n) is 2.21. The highest BCUT2D eigenvalue weighted by atomic mass is 32.1. The van der Waals surface area contributed by atoms with Gasteiger partial charge < -0.3 is 15.4 Å². The van der Waals surface area contributed by atoms with Crippen LogP contribution in [-0.2, 0) is 19.5 Å². The Morgan fingerprint density at radius 1 is 1.20 bits per heavy atom. The van der Waals surface area contributed by atoms with Gasteiger partial charge in [0.1, 0.15) is 10.8 Å². The average molecular weight is 361 g/mol. The second kappa shape index (κ2) is 10.0. The number of benzene rings is 1. The molecule has 0 spiro atoms. The molecule has 0 fully saturated rings. The molecule has 0 aliphatic carbocycles. The summed E-state index contributed by atoms with van der Waals surface area (Å²) < 4.78 is 5.67. The minimum Gasteiger partial charge on any atom is -0.491 e. The number of thiazole rings is 1. The van der Waals surface area contributed by atoms with Crippen LogP contribution < -0.4 is 15.4 Å². The van der Waals surface area contributed by atoms with Crippen LogP contribution in [0.25, 0.3) is 0 Å². The fourth-order valence-corrected chi connectivity index (χ4v) is 3.01. The molecule has 0 amide bonds. The lowest BCUT2D eigenvalue weighted by atomic mass is 10.2. The van der Waals surface area contributed by atoms with Crippen molar-refractivity contribution in [2.75, 3.05) is 6.54 Å². The number of hydrogen-bond acceptors (Lipinski definition) is 4. The summed E-state index contributed by atoms with van der Waals surface area (Å²) in [6, 6.07) is 8.10. The SMILES string of the molecule is CCNC(=NCc1ccc(OC(C)C)cc1)NCc1ncc(CC)s1. The first-order chi connectivity index (χ1) is 12.1. The van der Waals surface area contributed by atoms with Gasteiger partial charge in [0.2, 0.25) is 0 Å². The van der Waals surface area contributed by atoms with Gasteiger partial charge in [0.05, 0.1) is 19.2 Å². The molecule has 0 saturated heterocycles. The number of ether oxygens (including phenoxy) is 1. The van der Waals surface area contributed by atoms with Crippen LogP contribution in [0.4, 0.5) is 0 Å². The molecule has 136 valence electrons. The zero-order chi connectivity index (χ0) is 18.1. The molecule has 0 aliphatic heterocycles. The van der Waals surface area contributed by atoms with Gasteiger partial charge in [-0.15, -0.1) is 11.3 Å². The van der Waals surface area contributed by atoms with Crippen LogP contribution in [0, 0.1) is 0 Å². The highest BCUT2D eigenvalue weighted by Crippen LogP contribution is 2.15. The Morgan fingerprint density at radius 3 is 2.56 bits per heavy atom. The normalized spacial score (nSPS) is 11.6. The molecule has 0 bridgehead atoms. The lowest BCUT2D eigenvalue weighted by Gasteiger charge is -2.11. The predicted molar refractivity (Wildman–Crippen MR) is 105 cm³/mol. The van der Waals surface area contributed by atoms with Crippen LogP contribution in [0.1, 0.15) is 43.1 Å². The van der Waals surface area contributed by atoms with Crippen LogP contribution in [0.5, 0.6) is 5.75 Å². The molecule has 2 N–H and O–H groups in total. The summed E-state index contributed by atoms with van der Waals surface area (Å²) in [5.41, 5.74) is 1.15. The van der Waals surface area contributed by atoms with Gasteiger partial charge in [-0.1, -0.05) is 19.1 Å². The monoisotopic (exact) mass is 360 g/mol. The number of aliphatic imine (C=N–C) groups is 1. The van der Waals surface area contributed by atoms with Gasteiger partial charge >= 0.3 is 0 Å². The first kappa shape index (κ1) is 19.2. The maximum absolute atomic E-state index is 5.67. The molecule has 1 aromatic carbocycles. The minimum absolute atomic E-state index is 0.188. The molecule has 5 nitrogen and oxygen atoms in total. The second-order valence-corrected chi connectivity index (χ2v) is 7.13. The van der Waals surface area contributed by atoms with E-state index >= 15 is 0 Å². The first-order valence-corrected chi connectivity index (χ1v) is 9.63. The molecule has 0 radical (unpaired) electrons. The molecule has 1 heterocycles. The van der Waals surface area contributed by atoms with E-state index in [2.05, 4.69) is 46.6 Å². The van der Waals surface area contributed by atoms with E-state index in [1.165, 1.54) is 4.88 Å². The largest absolute Gasteiger partial charge is 0.491 e. The van der Waals surface area contributed by atoms with Crippen molar-refractivity contribution in [3.05, 3.63) is 45.9 Å². The lowest BCUT2D eigenvalue weighted by Crippen LogP contribution is -2.36. The van der Waals surface area contributed by atoms with E-state index in [1.54, 1.807) is 11.3 Å². The van der Waals surface area contributed by atoms with Crippen molar-refractivity contribution in [1.29, 1.82) is 0 Å². The number of hydrogen-bond donors (Lipinski definition) is 2. The van der Waals surface area contributed by atoms with Gasteiger partial charge in [-0.25, -0.2) is 9.98 Å². The Labute approximate surface area is 154 Å². The number of aryl methyl sites for hydroxylation is 1. The average Bonchev–Trinajstić information content (AvgIpc) is 3.06. The van der Waals surface area contributed by atoms with Crippen molar-refractivity contribution in [1.82, 2.24) is 15.6 Å². The third-order valence-corrected chi connectivity index (χ3v) is 4.56. The molecule has 0 aliphatic rings. The van der Waals surface area contributed by atoms with Crippen LogP contribution in [-0.4, -0.2) is 23.6 Å². The van der Waals surface area contributed by atoms with Gasteiger partial charge in [0.25, 0.3) is 0 Å². The van der Waals surface area contributed by atoms with Crippen LogP contribution in [0.3, 0.4) is 0 Å². The zero-order valence-corrected chi connectivity index (χ0v) is 16.3. The smallest absolute Gasteiger partial charge is 0.191 e. The van der Waals surface area contributed by atoms with E-state index in [1.807, 2.05) is 32.2 Å². The molecular weight excluding hydrogens is 332 g/mol. The molecule has 0 saturated carbocycles. The molecule has 1 aromatic heterocycles. The van der Waals surface area contributed by atoms with Crippen LogP contribution in [0.2, 0.25) is 0 Å². The third-order valence-electron chi connectivity index (χ3n) is 3.42. The Bertz CT molecular complexity index is 664. The highest BCUT2D eigenvalue weighted by molar-refractivity contribution is 7.11. The molecule has 2 aromatic rings. The molecular formula is C19H28N4OS. The zero-order valence-electron chi connectivity index (χ0n) is 15.5. The van der Waals surface area contributed by atoms with E-state index in [0.717, 1.165) is 35.2 Å². The van der Waals surface area contributed by atoms with E-state index in [0.29, 0.717) is 13.1 Å². The standard InChI is InChI=1S/C19H28N4OS/c1-5-17-12-21-18(25-17)13-23-19(20-6-2)22-11-15-7-9-16(10-8-15)24-14(3)4/h7-10,12,14H,5-6,11,13H2,1-4H3,(H2,20,22,23). The fraction of sp³-hybridized carbons (Fsp3) is 0.474. The Hall–Kier alpha value is -2.08. The summed E-state index contributed by atoms with van der Waals surface area (Å²) in [5, 5.41) is 7.70. The van der Waals surface area contributed by atoms with E-state index in [-0.39, 0.29) is 6.10 Å². The van der Waals surface area contributed by atoms with Crippen LogP contribution in [0.15, 0.2) is 35.5 Å². The van der Waals surface area contributed by atoms with E-state index in [9.17, 15) is 0 Å². The Kier molecular flexibility index (Phi) is 7.73. The van der Waals surface area contributed by atoms with Crippen molar-refractivity contribution in [2.45, 2.75) is 53.3 Å². The molecule has 0 atom stereocenters. The van der Waals surface area contributed by atoms with Crippen molar-refractivity contribution < 1.29 is 4.74 Å². The summed E-state index contributed by atoms with van der Waals surface area (Å²) in [6.45, 7) is 10.4. The number of guanidine groups is 1. The summed E-state index contributed by atoms with van der Waals surface area (Å²) in [7, 11) is 0. The van der Waals surface area contributed by atoms with E-state index < -0.39 is 0 Å². The summed E-state index contributed by atoms with van der Waals surface area (Å²) in [6.07, 6.45) is 3.17. The quantitative estimate of drug-likeness (QED) is 0.556. The van der Waals surface area contributed by atoms with Crippen LogP contribution >= 0.6 is 11.3 Å². The summed E-state index contributed by atoms with van der Waals surface area (Å²) in [5.74, 6) is 1.70. The van der Waals surface area contributed by atoms with Gasteiger partial charge in [-0.05, 0) is 44.9 Å². The third kappa shape index (κ3) is 6.74. The Balaban J connectivity index is 1.91. The minimum atomic E-state index is 0.188. The predicted octanol–water partition coefficient (Wildman–Crippen LogP) is 3.75. The second-order valence-electron chi connectivity index (χ2n) is 5.93. The van der Waals surface area contributed by atoms with Gasteiger partial charge in [-0.2, -0.15) is 0 Å². The van der Waals surface area contributed by atoms with Gasteiger partial charge in [-0.3, -0.25) is 0 Å². The summed E-state index contributed by atoms with van der Waals surface area (Å²) in [4.78, 5) is 10.4. The van der Waals surface area contributed by atoms with Crippen molar-refractivity contribution in [3.8, 4) is 5.75 Å². The number of rotatable bonds is 8. The highest BCUT2D eigenvalue weighted by Gasteiger charge is 2.03.